The summed E-state index contributed by atoms with van der Waals surface area (Å²) in [6, 6.07) is 7.80. The highest BCUT2D eigenvalue weighted by molar-refractivity contribution is 5.65. The average Bonchev–Trinajstić information content (AvgIpc) is 2.85. The van der Waals surface area contributed by atoms with Crippen LogP contribution in [0.5, 0.6) is 23.0 Å². The fourth-order valence-electron chi connectivity index (χ4n) is 4.34. The molecule has 0 unspecified atom stereocenters. The molecular formula is C19H22NO4+. The number of quaternary nitrogens is 1. The van der Waals surface area contributed by atoms with Crippen molar-refractivity contribution in [2.24, 2.45) is 0 Å². The second kappa shape index (κ2) is 5.05. The zero-order valence-electron chi connectivity index (χ0n) is 14.2. The smallest absolute Gasteiger partial charge is 0.166 e. The monoisotopic (exact) mass is 328 g/mol. The van der Waals surface area contributed by atoms with Crippen LogP contribution in [-0.2, 0) is 12.8 Å². The number of nitrogens with zero attached hydrogens (tertiary/aromatic N) is 1. The molecule has 2 heterocycles. The van der Waals surface area contributed by atoms with E-state index in [1.165, 1.54) is 11.3 Å². The summed E-state index contributed by atoms with van der Waals surface area (Å²) in [5, 5.41) is 20.3. The lowest BCUT2D eigenvalue weighted by atomic mass is 9.90. The summed E-state index contributed by atoms with van der Waals surface area (Å²) in [6.07, 6.45) is 1.75. The Morgan fingerprint density at radius 3 is 2.33 bits per heavy atom. The van der Waals surface area contributed by atoms with Crippen molar-refractivity contribution < 1.29 is 19.7 Å². The minimum Gasteiger partial charge on any atom is -0.504 e. The highest BCUT2D eigenvalue weighted by atomic mass is 16.5. The van der Waals surface area contributed by atoms with Gasteiger partial charge in [-0.15, -0.1) is 0 Å². The molecule has 0 aromatic heterocycles. The Labute approximate surface area is 141 Å². The Morgan fingerprint density at radius 2 is 1.62 bits per heavy atom. The number of aromatic hydroxyl groups is 2. The molecule has 0 saturated carbocycles. The van der Waals surface area contributed by atoms with Crippen LogP contribution >= 0.6 is 0 Å². The summed E-state index contributed by atoms with van der Waals surface area (Å²) in [5.74, 6) is 1.40. The Hall–Kier alpha value is -2.40. The van der Waals surface area contributed by atoms with Crippen LogP contribution in [0.2, 0.25) is 0 Å². The SMILES string of the molecule is COc1cc2c(cc1O)[C@@H]1Cc3cc(O)c(OC)cc3[N@+]1(C)CC2. The van der Waals surface area contributed by atoms with E-state index < -0.39 is 0 Å². The van der Waals surface area contributed by atoms with E-state index in [4.69, 9.17) is 9.47 Å². The first-order chi connectivity index (χ1) is 11.5. The van der Waals surface area contributed by atoms with Crippen molar-refractivity contribution >= 4 is 5.69 Å². The van der Waals surface area contributed by atoms with E-state index in [1.807, 2.05) is 24.3 Å². The third-order valence-corrected chi connectivity index (χ3v) is 5.68. The van der Waals surface area contributed by atoms with Crippen LogP contribution in [0.4, 0.5) is 5.69 Å². The number of rotatable bonds is 2. The molecule has 4 rings (SSSR count). The maximum Gasteiger partial charge on any atom is 0.166 e. The maximum atomic E-state index is 10.2. The minimum atomic E-state index is 0.181. The summed E-state index contributed by atoms with van der Waals surface area (Å²) in [5.41, 5.74) is 4.73. The van der Waals surface area contributed by atoms with Crippen LogP contribution in [0.1, 0.15) is 22.7 Å². The number of hydrogen-bond donors (Lipinski definition) is 2. The molecule has 2 atom stereocenters. The molecule has 2 aliphatic rings. The van der Waals surface area contributed by atoms with E-state index in [2.05, 4.69) is 7.05 Å². The third kappa shape index (κ3) is 1.91. The molecule has 2 N–H and O–H groups in total. The van der Waals surface area contributed by atoms with Crippen molar-refractivity contribution in [3.05, 3.63) is 41.0 Å². The summed E-state index contributed by atoms with van der Waals surface area (Å²) >= 11 is 0. The summed E-state index contributed by atoms with van der Waals surface area (Å²) in [4.78, 5) is 0. The first kappa shape index (κ1) is 15.1. The Morgan fingerprint density at radius 1 is 0.958 bits per heavy atom. The molecule has 126 valence electrons. The van der Waals surface area contributed by atoms with Crippen LogP contribution in [0, 0.1) is 0 Å². The predicted molar refractivity (Wildman–Crippen MR) is 92.1 cm³/mol. The Balaban J connectivity index is 1.85. The van der Waals surface area contributed by atoms with Crippen LogP contribution < -0.4 is 14.0 Å². The molecular weight excluding hydrogens is 306 g/mol. The number of phenols is 2. The molecule has 0 amide bonds. The van der Waals surface area contributed by atoms with Crippen molar-refractivity contribution in [2.45, 2.75) is 18.9 Å². The third-order valence-electron chi connectivity index (χ3n) is 5.68. The molecule has 0 bridgehead atoms. The normalized spacial score (nSPS) is 24.0. The number of phenolic OH excluding ortho intramolecular Hbond substituents is 2. The lowest BCUT2D eigenvalue weighted by molar-refractivity contribution is 0.251. The van der Waals surface area contributed by atoms with Crippen molar-refractivity contribution in [1.29, 1.82) is 0 Å². The molecule has 0 spiro atoms. The van der Waals surface area contributed by atoms with Gasteiger partial charge in [-0.25, -0.2) is 0 Å². The van der Waals surface area contributed by atoms with Gasteiger partial charge in [-0.2, -0.15) is 0 Å². The van der Waals surface area contributed by atoms with E-state index in [0.29, 0.717) is 11.5 Å². The first-order valence-electron chi connectivity index (χ1n) is 8.13. The number of hydrogen-bond acceptors (Lipinski definition) is 4. The van der Waals surface area contributed by atoms with Gasteiger partial charge < -0.3 is 19.7 Å². The van der Waals surface area contributed by atoms with Gasteiger partial charge >= 0.3 is 0 Å². The van der Waals surface area contributed by atoms with E-state index in [-0.39, 0.29) is 17.5 Å². The lowest BCUT2D eigenvalue weighted by Gasteiger charge is -2.41. The van der Waals surface area contributed by atoms with Gasteiger partial charge in [0.05, 0.1) is 27.8 Å². The quantitative estimate of drug-likeness (QED) is 0.832. The highest BCUT2D eigenvalue weighted by Gasteiger charge is 2.48. The van der Waals surface area contributed by atoms with Gasteiger partial charge in [-0.05, 0) is 23.8 Å². The molecule has 0 fully saturated rings. The molecule has 2 aromatic rings. The van der Waals surface area contributed by atoms with Crippen LogP contribution in [0.25, 0.3) is 0 Å². The van der Waals surface area contributed by atoms with Gasteiger partial charge in [0.2, 0.25) is 0 Å². The largest absolute Gasteiger partial charge is 0.504 e. The number of ether oxygens (including phenoxy) is 2. The van der Waals surface area contributed by atoms with Crippen LogP contribution in [0.3, 0.4) is 0 Å². The Kier molecular flexibility index (Phi) is 3.18. The molecule has 0 saturated heterocycles. The molecule has 2 aromatic carbocycles. The predicted octanol–water partition coefficient (Wildman–Crippen LogP) is 2.91. The average molecular weight is 328 g/mol. The number of likely N-dealkylation sites (N-methyl/N-ethyl adjacent to an activating group) is 1. The van der Waals surface area contributed by atoms with Crippen LogP contribution in [0.15, 0.2) is 24.3 Å². The summed E-state index contributed by atoms with van der Waals surface area (Å²) in [6.45, 7) is 0.965. The first-order valence-corrected chi connectivity index (χ1v) is 8.13. The fraction of sp³-hybridized carbons (Fsp3) is 0.368. The standard InChI is InChI=1S/C19H21NO4/c1-20-5-4-11-8-18(23-2)17(22)9-13(11)15(20)6-12-7-16(21)19(24-3)10-14(12)20/h7-10,15H,4-6H2,1-3H3,(H-,21,22)/p+1/t15-,20-/m0/s1. The lowest BCUT2D eigenvalue weighted by Crippen LogP contribution is -2.50. The Bertz CT molecular complexity index is 833. The van der Waals surface area contributed by atoms with Gasteiger partial charge in [-0.3, -0.25) is 4.48 Å². The molecule has 24 heavy (non-hydrogen) atoms. The van der Waals surface area contributed by atoms with Crippen molar-refractivity contribution in [1.82, 2.24) is 4.48 Å². The van der Waals surface area contributed by atoms with E-state index in [1.54, 1.807) is 14.2 Å². The van der Waals surface area contributed by atoms with Gasteiger partial charge in [0.25, 0.3) is 0 Å². The number of fused-ring (bicyclic) bond motifs is 5. The van der Waals surface area contributed by atoms with Gasteiger partial charge in [0, 0.05) is 30.0 Å². The van der Waals surface area contributed by atoms with E-state index in [0.717, 1.165) is 35.0 Å². The van der Waals surface area contributed by atoms with Crippen LogP contribution in [-0.4, -0.2) is 38.0 Å². The molecule has 5 nitrogen and oxygen atoms in total. The van der Waals surface area contributed by atoms with Gasteiger partial charge in [-0.1, -0.05) is 0 Å². The maximum absolute atomic E-state index is 10.2. The van der Waals surface area contributed by atoms with Gasteiger partial charge in [0.1, 0.15) is 11.7 Å². The minimum absolute atomic E-state index is 0.181. The molecule has 5 heteroatoms. The zero-order chi connectivity index (χ0) is 17.1. The van der Waals surface area contributed by atoms with Crippen molar-refractivity contribution in [3.8, 4) is 23.0 Å². The van der Waals surface area contributed by atoms with Gasteiger partial charge in [0.15, 0.2) is 23.0 Å². The summed E-state index contributed by atoms with van der Waals surface area (Å²) in [7, 11) is 5.37. The molecule has 2 aliphatic heterocycles. The highest BCUT2D eigenvalue weighted by Crippen LogP contribution is 2.52. The number of benzene rings is 2. The fourth-order valence-corrected chi connectivity index (χ4v) is 4.34. The van der Waals surface area contributed by atoms with E-state index in [9.17, 15) is 10.2 Å². The molecule has 0 aliphatic carbocycles. The number of methoxy groups -OCH3 is 2. The second-order valence-corrected chi connectivity index (χ2v) is 6.84. The second-order valence-electron chi connectivity index (χ2n) is 6.84. The summed E-state index contributed by atoms with van der Waals surface area (Å²) < 4.78 is 11.3. The topological polar surface area (TPSA) is 58.9 Å². The molecule has 0 radical (unpaired) electrons. The van der Waals surface area contributed by atoms with Crippen molar-refractivity contribution in [2.75, 3.05) is 27.8 Å². The van der Waals surface area contributed by atoms with Crippen molar-refractivity contribution in [3.63, 3.8) is 0 Å². The van der Waals surface area contributed by atoms with E-state index >= 15 is 0 Å². The zero-order valence-corrected chi connectivity index (χ0v) is 14.2.